The number of ether oxygens (including phenoxy) is 1. The molecule has 2 nitrogen and oxygen atoms in total. The van der Waals surface area contributed by atoms with Crippen molar-refractivity contribution in [2.45, 2.75) is 13.5 Å². The molecule has 3 heteroatoms. The van der Waals surface area contributed by atoms with E-state index in [0.717, 1.165) is 27.9 Å². The van der Waals surface area contributed by atoms with E-state index in [0.29, 0.717) is 6.61 Å². The minimum absolute atomic E-state index is 0.541. The van der Waals surface area contributed by atoms with Gasteiger partial charge in [0.1, 0.15) is 12.4 Å². The number of halogens is 1. The lowest BCUT2D eigenvalue weighted by Crippen LogP contribution is -2.08. The molecule has 0 bridgehead atoms. The van der Waals surface area contributed by atoms with Crippen LogP contribution >= 0.6 is 15.9 Å². The molecular formula is C12H16BrNO. The lowest BCUT2D eigenvalue weighted by molar-refractivity contribution is 0.355. The highest BCUT2D eigenvalue weighted by Gasteiger charge is 2.07. The average Bonchev–Trinajstić information content (AvgIpc) is 2.17. The van der Waals surface area contributed by atoms with E-state index in [-0.39, 0.29) is 0 Å². The van der Waals surface area contributed by atoms with E-state index < -0.39 is 0 Å². The van der Waals surface area contributed by atoms with Crippen molar-refractivity contribution in [1.29, 1.82) is 0 Å². The fourth-order valence-electron chi connectivity index (χ4n) is 1.47. The summed E-state index contributed by atoms with van der Waals surface area (Å²) in [5.41, 5.74) is 2.29. The zero-order valence-electron chi connectivity index (χ0n) is 9.14. The topological polar surface area (TPSA) is 21.3 Å². The van der Waals surface area contributed by atoms with Crippen LogP contribution in [-0.2, 0) is 6.54 Å². The molecular weight excluding hydrogens is 254 g/mol. The number of aryl methyl sites for hydroxylation is 1. The van der Waals surface area contributed by atoms with Gasteiger partial charge in [0.05, 0.1) is 0 Å². The summed E-state index contributed by atoms with van der Waals surface area (Å²) in [5, 5.41) is 3.13. The van der Waals surface area contributed by atoms with Gasteiger partial charge < -0.3 is 10.1 Å². The van der Waals surface area contributed by atoms with Gasteiger partial charge in [-0.2, -0.15) is 0 Å². The van der Waals surface area contributed by atoms with Crippen LogP contribution in [0.5, 0.6) is 5.75 Å². The SMILES string of the molecule is C=CCOc1c(C)cc(Br)cc1CNC. The fourth-order valence-corrected chi connectivity index (χ4v) is 2.09. The van der Waals surface area contributed by atoms with Gasteiger partial charge >= 0.3 is 0 Å². The van der Waals surface area contributed by atoms with Crippen molar-refractivity contribution in [3.63, 3.8) is 0 Å². The van der Waals surface area contributed by atoms with Crippen LogP contribution in [0.4, 0.5) is 0 Å². The van der Waals surface area contributed by atoms with Gasteiger partial charge in [-0.05, 0) is 31.7 Å². The minimum atomic E-state index is 0.541. The first-order valence-electron chi connectivity index (χ1n) is 4.86. The van der Waals surface area contributed by atoms with Crippen molar-refractivity contribution in [2.24, 2.45) is 0 Å². The molecule has 1 aromatic carbocycles. The molecule has 0 atom stereocenters. The van der Waals surface area contributed by atoms with E-state index in [9.17, 15) is 0 Å². The molecule has 0 radical (unpaired) electrons. The van der Waals surface area contributed by atoms with Gasteiger partial charge in [-0.15, -0.1) is 0 Å². The Hall–Kier alpha value is -0.800. The van der Waals surface area contributed by atoms with E-state index in [1.165, 1.54) is 0 Å². The second-order valence-electron chi connectivity index (χ2n) is 3.34. The molecule has 0 spiro atoms. The number of benzene rings is 1. The molecule has 0 amide bonds. The maximum atomic E-state index is 5.65. The molecule has 0 aliphatic carbocycles. The van der Waals surface area contributed by atoms with Gasteiger partial charge in [-0.3, -0.25) is 0 Å². The highest BCUT2D eigenvalue weighted by Crippen LogP contribution is 2.28. The van der Waals surface area contributed by atoms with Gasteiger partial charge in [0.2, 0.25) is 0 Å². The fraction of sp³-hybridized carbons (Fsp3) is 0.333. The second-order valence-corrected chi connectivity index (χ2v) is 4.26. The molecule has 0 saturated carbocycles. The Morgan fingerprint density at radius 2 is 2.27 bits per heavy atom. The van der Waals surface area contributed by atoms with Crippen LogP contribution in [0.3, 0.4) is 0 Å². The molecule has 1 N–H and O–H groups in total. The monoisotopic (exact) mass is 269 g/mol. The van der Waals surface area contributed by atoms with Crippen molar-refractivity contribution in [2.75, 3.05) is 13.7 Å². The molecule has 0 heterocycles. The third-order valence-electron chi connectivity index (χ3n) is 2.03. The van der Waals surface area contributed by atoms with Crippen molar-refractivity contribution in [3.8, 4) is 5.75 Å². The number of rotatable bonds is 5. The Kier molecular flexibility index (Phi) is 4.85. The Morgan fingerprint density at radius 3 is 2.87 bits per heavy atom. The van der Waals surface area contributed by atoms with E-state index in [1.807, 2.05) is 14.0 Å². The summed E-state index contributed by atoms with van der Waals surface area (Å²) in [6.07, 6.45) is 1.75. The third kappa shape index (κ3) is 3.36. The molecule has 1 rings (SSSR count). The summed E-state index contributed by atoms with van der Waals surface area (Å²) in [4.78, 5) is 0. The third-order valence-corrected chi connectivity index (χ3v) is 2.49. The summed E-state index contributed by atoms with van der Waals surface area (Å²) in [6, 6.07) is 4.12. The predicted molar refractivity (Wildman–Crippen MR) is 67.3 cm³/mol. The van der Waals surface area contributed by atoms with E-state index >= 15 is 0 Å². The summed E-state index contributed by atoms with van der Waals surface area (Å²) in [6.45, 7) is 7.03. The van der Waals surface area contributed by atoms with Crippen molar-refractivity contribution >= 4 is 15.9 Å². The van der Waals surface area contributed by atoms with Gasteiger partial charge in [-0.1, -0.05) is 28.6 Å². The van der Waals surface area contributed by atoms with Gasteiger partial charge in [0, 0.05) is 16.6 Å². The van der Waals surface area contributed by atoms with Crippen LogP contribution in [0.15, 0.2) is 29.3 Å². The van der Waals surface area contributed by atoms with Crippen LogP contribution in [0.1, 0.15) is 11.1 Å². The Balaban J connectivity index is 3.02. The smallest absolute Gasteiger partial charge is 0.127 e. The quantitative estimate of drug-likeness (QED) is 0.830. The molecule has 0 aliphatic rings. The number of hydrogen-bond acceptors (Lipinski definition) is 2. The first-order chi connectivity index (χ1) is 7.19. The maximum Gasteiger partial charge on any atom is 0.127 e. The summed E-state index contributed by atoms with van der Waals surface area (Å²) >= 11 is 3.48. The van der Waals surface area contributed by atoms with Crippen LogP contribution in [0.25, 0.3) is 0 Å². The molecule has 0 fully saturated rings. The van der Waals surface area contributed by atoms with Crippen LogP contribution in [0.2, 0.25) is 0 Å². The normalized spacial score (nSPS) is 10.1. The van der Waals surface area contributed by atoms with Gasteiger partial charge in [0.15, 0.2) is 0 Å². The minimum Gasteiger partial charge on any atom is -0.489 e. The molecule has 0 aliphatic heterocycles. The molecule has 0 saturated heterocycles. The Morgan fingerprint density at radius 1 is 1.53 bits per heavy atom. The first-order valence-corrected chi connectivity index (χ1v) is 5.65. The standard InChI is InChI=1S/C12H16BrNO/c1-4-5-15-12-9(2)6-11(13)7-10(12)8-14-3/h4,6-7,14H,1,5,8H2,2-3H3. The zero-order valence-corrected chi connectivity index (χ0v) is 10.7. The number of nitrogens with one attached hydrogen (secondary N) is 1. The highest BCUT2D eigenvalue weighted by atomic mass is 79.9. The van der Waals surface area contributed by atoms with Crippen molar-refractivity contribution in [3.05, 3.63) is 40.4 Å². The summed E-state index contributed by atoms with van der Waals surface area (Å²) in [7, 11) is 1.92. The number of hydrogen-bond donors (Lipinski definition) is 1. The molecule has 15 heavy (non-hydrogen) atoms. The average molecular weight is 270 g/mol. The molecule has 82 valence electrons. The predicted octanol–water partition coefficient (Wildman–Crippen LogP) is 3.04. The van der Waals surface area contributed by atoms with E-state index in [4.69, 9.17) is 4.74 Å². The van der Waals surface area contributed by atoms with E-state index in [1.54, 1.807) is 6.08 Å². The summed E-state index contributed by atoms with van der Waals surface area (Å²) in [5.74, 6) is 0.951. The second kappa shape index (κ2) is 5.93. The van der Waals surface area contributed by atoms with Crippen LogP contribution in [0, 0.1) is 6.92 Å². The van der Waals surface area contributed by atoms with Crippen LogP contribution in [-0.4, -0.2) is 13.7 Å². The Labute approximate surface area is 99.5 Å². The van der Waals surface area contributed by atoms with E-state index in [2.05, 4.69) is 40.0 Å². The molecule has 1 aromatic rings. The summed E-state index contributed by atoms with van der Waals surface area (Å²) < 4.78 is 6.73. The zero-order chi connectivity index (χ0) is 11.3. The lowest BCUT2D eigenvalue weighted by Gasteiger charge is -2.13. The molecule has 0 aromatic heterocycles. The van der Waals surface area contributed by atoms with Crippen molar-refractivity contribution < 1.29 is 4.74 Å². The first kappa shape index (κ1) is 12.3. The lowest BCUT2D eigenvalue weighted by atomic mass is 10.1. The van der Waals surface area contributed by atoms with Gasteiger partial charge in [-0.25, -0.2) is 0 Å². The van der Waals surface area contributed by atoms with Gasteiger partial charge in [0.25, 0.3) is 0 Å². The van der Waals surface area contributed by atoms with Crippen molar-refractivity contribution in [1.82, 2.24) is 5.32 Å². The maximum absolute atomic E-state index is 5.65. The van der Waals surface area contributed by atoms with Crippen LogP contribution < -0.4 is 10.1 Å². The highest BCUT2D eigenvalue weighted by molar-refractivity contribution is 9.10. The largest absolute Gasteiger partial charge is 0.489 e. The Bertz CT molecular complexity index is 350. The molecule has 0 unspecified atom stereocenters.